The molecule has 0 aliphatic carbocycles. The molecule has 1 aromatic rings. The van der Waals surface area contributed by atoms with Gasteiger partial charge in [-0.2, -0.15) is 13.2 Å². The summed E-state index contributed by atoms with van der Waals surface area (Å²) in [6.45, 7) is 1.74. The monoisotopic (exact) mass is 218 g/mol. The molecule has 0 heterocycles. The Morgan fingerprint density at radius 1 is 1.33 bits per heavy atom. The van der Waals surface area contributed by atoms with Crippen LogP contribution in [0.2, 0.25) is 0 Å². The van der Waals surface area contributed by atoms with Crippen LogP contribution in [0.5, 0.6) is 0 Å². The number of benzene rings is 1. The van der Waals surface area contributed by atoms with Crippen molar-refractivity contribution in [3.63, 3.8) is 0 Å². The predicted octanol–water partition coefficient (Wildman–Crippen LogP) is 1.43. The van der Waals surface area contributed by atoms with Gasteiger partial charge in [0.15, 0.2) is 0 Å². The van der Waals surface area contributed by atoms with E-state index in [9.17, 15) is 18.2 Å². The summed E-state index contributed by atoms with van der Waals surface area (Å²) < 4.78 is 42.2. The van der Waals surface area contributed by atoms with E-state index in [0.717, 1.165) is 6.07 Å². The van der Waals surface area contributed by atoms with Crippen molar-refractivity contribution in [2.75, 3.05) is 6.61 Å². The SMILES string of the molecule is CCOB(O)c1ccccc1C(F)(F)F. The number of rotatable bonds is 3. The van der Waals surface area contributed by atoms with Crippen molar-refractivity contribution in [1.82, 2.24) is 0 Å². The van der Waals surface area contributed by atoms with Crippen LogP contribution in [-0.4, -0.2) is 18.7 Å². The first-order valence-corrected chi connectivity index (χ1v) is 4.42. The highest BCUT2D eigenvalue weighted by Gasteiger charge is 2.36. The van der Waals surface area contributed by atoms with E-state index < -0.39 is 18.9 Å². The summed E-state index contributed by atoms with van der Waals surface area (Å²) in [6, 6.07) is 4.80. The van der Waals surface area contributed by atoms with Gasteiger partial charge >= 0.3 is 13.3 Å². The van der Waals surface area contributed by atoms with E-state index in [-0.39, 0.29) is 12.1 Å². The molecule has 0 atom stereocenters. The Kier molecular flexibility index (Phi) is 3.76. The normalized spacial score (nSPS) is 11.5. The van der Waals surface area contributed by atoms with Gasteiger partial charge in [0, 0.05) is 6.61 Å². The number of alkyl halides is 3. The molecule has 0 bridgehead atoms. The number of hydrogen-bond acceptors (Lipinski definition) is 2. The molecule has 15 heavy (non-hydrogen) atoms. The molecule has 1 aromatic carbocycles. The Hall–Kier alpha value is -1.01. The van der Waals surface area contributed by atoms with Crippen molar-refractivity contribution >= 4 is 12.6 Å². The average molecular weight is 218 g/mol. The van der Waals surface area contributed by atoms with Crippen molar-refractivity contribution in [2.45, 2.75) is 13.1 Å². The highest BCUT2D eigenvalue weighted by atomic mass is 19.4. The average Bonchev–Trinajstić information content (AvgIpc) is 2.17. The third-order valence-electron chi connectivity index (χ3n) is 1.86. The van der Waals surface area contributed by atoms with Crippen LogP contribution in [0, 0.1) is 0 Å². The fourth-order valence-corrected chi connectivity index (χ4v) is 1.22. The molecular weight excluding hydrogens is 208 g/mol. The Balaban J connectivity index is 3.06. The maximum atomic E-state index is 12.5. The zero-order valence-electron chi connectivity index (χ0n) is 8.08. The molecule has 0 amide bonds. The van der Waals surface area contributed by atoms with Gasteiger partial charge in [-0.05, 0) is 12.4 Å². The molecule has 0 spiro atoms. The summed E-state index contributed by atoms with van der Waals surface area (Å²) in [4.78, 5) is 0. The van der Waals surface area contributed by atoms with E-state index in [1.165, 1.54) is 18.2 Å². The lowest BCUT2D eigenvalue weighted by Gasteiger charge is -2.14. The molecule has 0 saturated carbocycles. The summed E-state index contributed by atoms with van der Waals surface area (Å²) in [5.41, 5.74) is -1.13. The van der Waals surface area contributed by atoms with Crippen molar-refractivity contribution in [2.24, 2.45) is 0 Å². The quantitative estimate of drug-likeness (QED) is 0.777. The summed E-state index contributed by atoms with van der Waals surface area (Å²) in [5, 5.41) is 9.34. The van der Waals surface area contributed by atoms with Gasteiger partial charge in [0.05, 0.1) is 5.56 Å². The molecule has 82 valence electrons. The van der Waals surface area contributed by atoms with Crippen LogP contribution < -0.4 is 5.46 Å². The van der Waals surface area contributed by atoms with Crippen LogP contribution in [0.1, 0.15) is 12.5 Å². The molecule has 6 heteroatoms. The molecule has 0 radical (unpaired) electrons. The van der Waals surface area contributed by atoms with Gasteiger partial charge < -0.3 is 9.68 Å². The Labute approximate surface area is 85.8 Å². The Morgan fingerprint density at radius 2 is 1.93 bits per heavy atom. The maximum absolute atomic E-state index is 12.5. The highest BCUT2D eigenvalue weighted by Crippen LogP contribution is 2.27. The second kappa shape index (κ2) is 4.68. The lowest BCUT2D eigenvalue weighted by Crippen LogP contribution is -2.38. The minimum atomic E-state index is -4.48. The number of halogens is 3. The van der Waals surface area contributed by atoms with E-state index in [1.807, 2.05) is 0 Å². The van der Waals surface area contributed by atoms with Crippen LogP contribution in [0.3, 0.4) is 0 Å². The maximum Gasteiger partial charge on any atom is 0.491 e. The summed E-state index contributed by atoms with van der Waals surface area (Å²) >= 11 is 0. The van der Waals surface area contributed by atoms with Gasteiger partial charge in [-0.1, -0.05) is 24.3 Å². The first-order valence-electron chi connectivity index (χ1n) is 4.42. The van der Waals surface area contributed by atoms with E-state index >= 15 is 0 Å². The zero-order chi connectivity index (χ0) is 11.5. The van der Waals surface area contributed by atoms with Gasteiger partial charge in [-0.15, -0.1) is 0 Å². The van der Waals surface area contributed by atoms with Gasteiger partial charge in [0.25, 0.3) is 0 Å². The lowest BCUT2D eigenvalue weighted by atomic mass is 9.76. The number of hydrogen-bond donors (Lipinski definition) is 1. The highest BCUT2D eigenvalue weighted by molar-refractivity contribution is 6.60. The molecule has 0 aliphatic rings. The molecule has 0 unspecified atom stereocenters. The molecule has 2 nitrogen and oxygen atoms in total. The van der Waals surface area contributed by atoms with Crippen molar-refractivity contribution in [1.29, 1.82) is 0 Å². The summed E-state index contributed by atoms with van der Waals surface area (Å²) in [6.07, 6.45) is -4.48. The molecule has 1 N–H and O–H groups in total. The standard InChI is InChI=1S/C9H10BF3O2/c1-2-15-10(14)8-6-4-3-5-7(8)9(11,12)13/h3-6,14H,2H2,1H3. The largest absolute Gasteiger partial charge is 0.491 e. The first kappa shape index (κ1) is 12.1. The minimum Gasteiger partial charge on any atom is -0.423 e. The second-order valence-electron chi connectivity index (χ2n) is 2.89. The fourth-order valence-electron chi connectivity index (χ4n) is 1.22. The fraction of sp³-hybridized carbons (Fsp3) is 0.333. The lowest BCUT2D eigenvalue weighted by molar-refractivity contribution is -0.136. The molecular formula is C9H10BF3O2. The topological polar surface area (TPSA) is 29.5 Å². The van der Waals surface area contributed by atoms with Crippen LogP contribution in [0.25, 0.3) is 0 Å². The van der Waals surface area contributed by atoms with Crippen molar-refractivity contribution < 1.29 is 22.8 Å². The third-order valence-corrected chi connectivity index (χ3v) is 1.86. The third kappa shape index (κ3) is 2.97. The predicted molar refractivity (Wildman–Crippen MR) is 50.7 cm³/mol. The van der Waals surface area contributed by atoms with Gasteiger partial charge in [-0.25, -0.2) is 0 Å². The Bertz CT molecular complexity index is 327. The van der Waals surface area contributed by atoms with E-state index in [4.69, 9.17) is 4.65 Å². The van der Waals surface area contributed by atoms with Crippen molar-refractivity contribution in [3.8, 4) is 0 Å². The Morgan fingerprint density at radius 3 is 2.47 bits per heavy atom. The van der Waals surface area contributed by atoms with E-state index in [2.05, 4.69) is 0 Å². The smallest absolute Gasteiger partial charge is 0.423 e. The summed E-state index contributed by atoms with van der Waals surface area (Å²) in [5.74, 6) is 0. The zero-order valence-corrected chi connectivity index (χ0v) is 8.08. The summed E-state index contributed by atoms with van der Waals surface area (Å²) in [7, 11) is -1.53. The van der Waals surface area contributed by atoms with Crippen LogP contribution >= 0.6 is 0 Å². The minimum absolute atomic E-state index is 0.146. The van der Waals surface area contributed by atoms with Crippen LogP contribution in [-0.2, 0) is 10.8 Å². The van der Waals surface area contributed by atoms with Crippen molar-refractivity contribution in [3.05, 3.63) is 29.8 Å². The molecule has 0 saturated heterocycles. The molecule has 1 rings (SSSR count). The molecule has 0 aromatic heterocycles. The molecule has 0 fully saturated rings. The van der Waals surface area contributed by atoms with Gasteiger partial charge in [0.2, 0.25) is 0 Å². The van der Waals surface area contributed by atoms with Crippen LogP contribution in [0.15, 0.2) is 24.3 Å². The van der Waals surface area contributed by atoms with Gasteiger partial charge in [0.1, 0.15) is 0 Å². The van der Waals surface area contributed by atoms with E-state index in [1.54, 1.807) is 6.92 Å². The first-order chi connectivity index (χ1) is 6.96. The second-order valence-corrected chi connectivity index (χ2v) is 2.89. The van der Waals surface area contributed by atoms with Crippen LogP contribution in [0.4, 0.5) is 13.2 Å². The van der Waals surface area contributed by atoms with Gasteiger partial charge in [-0.3, -0.25) is 0 Å². The molecule has 0 aliphatic heterocycles. The van der Waals surface area contributed by atoms with E-state index in [0.29, 0.717) is 0 Å².